The van der Waals surface area contributed by atoms with Gasteiger partial charge in [0.15, 0.2) is 17.1 Å². The molecule has 0 bridgehead atoms. The number of fused-ring (bicyclic) bond motifs is 1. The molecular formula is C50H41CuF6N3O2P3+2. The zero-order valence-corrected chi connectivity index (χ0v) is 38.3. The average Bonchev–Trinajstić information content (AvgIpc) is 3.74. The van der Waals surface area contributed by atoms with Crippen molar-refractivity contribution in [1.29, 1.82) is 5.26 Å². The van der Waals surface area contributed by atoms with Gasteiger partial charge in [0.05, 0.1) is 6.07 Å². The Bertz CT molecular complexity index is 2650. The summed E-state index contributed by atoms with van der Waals surface area (Å²) in [6.07, 6.45) is 3.45. The van der Waals surface area contributed by atoms with Gasteiger partial charge in [-0.1, -0.05) is 109 Å². The zero-order valence-electron chi connectivity index (χ0n) is 34.5. The summed E-state index contributed by atoms with van der Waals surface area (Å²) in [5, 5.41) is 15.2. The van der Waals surface area contributed by atoms with Crippen LogP contribution in [0.4, 0.5) is 25.2 Å². The van der Waals surface area contributed by atoms with Gasteiger partial charge in [-0.3, -0.25) is 4.98 Å². The maximum absolute atomic E-state index is 10.7. The van der Waals surface area contributed by atoms with E-state index in [0.717, 1.165) is 28.2 Å². The van der Waals surface area contributed by atoms with Crippen molar-refractivity contribution in [2.75, 3.05) is 0 Å². The van der Waals surface area contributed by atoms with Gasteiger partial charge < -0.3 is 9.15 Å². The molecule has 15 heteroatoms. The molecular weight excluding hydrogens is 945 g/mol. The Kier molecular flexibility index (Phi) is 17.0. The van der Waals surface area contributed by atoms with E-state index in [1.54, 1.807) is 18.5 Å². The van der Waals surface area contributed by atoms with Crippen LogP contribution >= 0.6 is 23.7 Å². The van der Waals surface area contributed by atoms with Crippen molar-refractivity contribution >= 4 is 66.6 Å². The molecule has 65 heavy (non-hydrogen) atoms. The van der Waals surface area contributed by atoms with Crippen LogP contribution in [0.5, 0.6) is 11.5 Å². The van der Waals surface area contributed by atoms with Gasteiger partial charge >= 0.3 is 50.1 Å². The molecule has 0 aliphatic rings. The SMILES string of the molecule is CC#N.F[P-](F)(F)(F)(F)F.[Cu+].c1ccc([PH+](c2ccccc2)c2ccccc2Oc2ccccc2[PH+](c2ccccc2)c2ccccc2)cc1.c1ccc2oc(-c3ccncc3)nc2c1. The van der Waals surface area contributed by atoms with Gasteiger partial charge in [-0.25, -0.2) is 4.98 Å². The summed E-state index contributed by atoms with van der Waals surface area (Å²) in [7, 11) is -13.2. The number of oxazole rings is 1. The summed E-state index contributed by atoms with van der Waals surface area (Å²) in [6, 6.07) is 73.8. The van der Waals surface area contributed by atoms with Crippen LogP contribution in [0.2, 0.25) is 0 Å². The second-order valence-electron chi connectivity index (χ2n) is 13.7. The number of nitrogens with zero attached hydrogens (tertiary/aromatic N) is 3. The van der Waals surface area contributed by atoms with Gasteiger partial charge in [0.1, 0.15) is 53.2 Å². The topological polar surface area (TPSA) is 71.9 Å². The molecule has 0 amide bonds. The minimum absolute atomic E-state index is 0. The predicted molar refractivity (Wildman–Crippen MR) is 255 cm³/mol. The van der Waals surface area contributed by atoms with E-state index in [9.17, 15) is 25.2 Å². The van der Waals surface area contributed by atoms with Crippen LogP contribution < -0.4 is 36.6 Å². The Balaban J connectivity index is 0.000000249. The van der Waals surface area contributed by atoms with Crippen LogP contribution in [-0.4, -0.2) is 9.97 Å². The number of hydrogen-bond donors (Lipinski definition) is 0. The van der Waals surface area contributed by atoms with Crippen molar-refractivity contribution < 1.29 is 51.4 Å². The molecule has 0 saturated heterocycles. The van der Waals surface area contributed by atoms with Crippen molar-refractivity contribution in [1.82, 2.24) is 9.97 Å². The number of hydrogen-bond acceptors (Lipinski definition) is 5. The summed E-state index contributed by atoms with van der Waals surface area (Å²) < 4.78 is 71.7. The molecule has 2 aromatic heterocycles. The fourth-order valence-electron chi connectivity index (χ4n) is 6.51. The van der Waals surface area contributed by atoms with Gasteiger partial charge in [0.2, 0.25) is 5.89 Å². The number of para-hydroxylation sites is 4. The van der Waals surface area contributed by atoms with Crippen LogP contribution in [0.15, 0.2) is 223 Å². The molecule has 5 nitrogen and oxygen atoms in total. The maximum atomic E-state index is 9.87. The summed E-state index contributed by atoms with van der Waals surface area (Å²) in [5.74, 6) is 2.49. The minimum atomic E-state index is -10.7. The fourth-order valence-corrected chi connectivity index (χ4v) is 11.8. The second-order valence-corrected chi connectivity index (χ2v) is 20.5. The van der Waals surface area contributed by atoms with E-state index in [2.05, 4.69) is 180 Å². The molecule has 0 unspecified atom stereocenters. The number of ether oxygens (including phenoxy) is 1. The first-order valence-electron chi connectivity index (χ1n) is 19.6. The number of rotatable bonds is 9. The molecule has 0 fully saturated rings. The molecule has 0 aliphatic carbocycles. The van der Waals surface area contributed by atoms with Crippen LogP contribution in [0.25, 0.3) is 22.6 Å². The molecule has 0 atom stereocenters. The van der Waals surface area contributed by atoms with E-state index in [0.29, 0.717) is 5.89 Å². The van der Waals surface area contributed by atoms with Crippen molar-refractivity contribution in [2.45, 2.75) is 6.92 Å². The van der Waals surface area contributed by atoms with E-state index in [4.69, 9.17) is 14.4 Å². The number of nitriles is 1. The molecule has 334 valence electrons. The molecule has 0 saturated carbocycles. The van der Waals surface area contributed by atoms with E-state index in [1.807, 2.05) is 36.4 Å². The average molecular weight is 986 g/mol. The Labute approximate surface area is 386 Å². The first kappa shape index (κ1) is 49.8. The molecule has 0 radical (unpaired) electrons. The van der Waals surface area contributed by atoms with Gasteiger partial charge in [-0.15, -0.1) is 0 Å². The van der Waals surface area contributed by atoms with Gasteiger partial charge in [0.25, 0.3) is 0 Å². The van der Waals surface area contributed by atoms with Crippen molar-refractivity contribution in [3.63, 3.8) is 0 Å². The largest absolute Gasteiger partial charge is 1.00 e. The first-order chi connectivity index (χ1) is 30.7. The third-order valence-electron chi connectivity index (χ3n) is 9.00. The Hall–Kier alpha value is -6.16. The van der Waals surface area contributed by atoms with E-state index in [-0.39, 0.29) is 17.1 Å². The van der Waals surface area contributed by atoms with Gasteiger partial charge in [-0.2, -0.15) is 5.26 Å². The van der Waals surface area contributed by atoms with E-state index in [1.165, 1.54) is 38.8 Å². The minimum Gasteiger partial charge on any atom is -0.449 e. The summed E-state index contributed by atoms with van der Waals surface area (Å²) >= 11 is 0. The third-order valence-corrected chi connectivity index (χ3v) is 14.5. The molecule has 7 aromatic carbocycles. The van der Waals surface area contributed by atoms with Gasteiger partial charge in [-0.05, 0) is 97.1 Å². The molecule has 2 heterocycles. The number of aromatic nitrogens is 2. The summed E-state index contributed by atoms with van der Waals surface area (Å²) in [5.41, 5.74) is 2.63. The van der Waals surface area contributed by atoms with Crippen LogP contribution in [-0.2, 0) is 17.1 Å². The monoisotopic (exact) mass is 985 g/mol. The quantitative estimate of drug-likeness (QED) is 0.0818. The smallest absolute Gasteiger partial charge is 0.449 e. The van der Waals surface area contributed by atoms with Crippen LogP contribution in [0, 0.1) is 11.3 Å². The molecule has 9 aromatic rings. The molecule has 9 rings (SSSR count). The number of halogens is 6. The fraction of sp³-hybridized carbons (Fsp3) is 0.0200. The Morgan fingerprint density at radius 2 is 0.815 bits per heavy atom. The summed E-state index contributed by atoms with van der Waals surface area (Å²) in [6.45, 7) is 1.43. The first-order valence-corrected chi connectivity index (χ1v) is 24.7. The second kappa shape index (κ2) is 22.2. The molecule has 0 N–H and O–H groups in total. The third kappa shape index (κ3) is 15.8. The van der Waals surface area contributed by atoms with Crippen molar-refractivity contribution in [2.24, 2.45) is 0 Å². The van der Waals surface area contributed by atoms with Crippen LogP contribution in [0.1, 0.15) is 6.92 Å². The predicted octanol–water partition coefficient (Wildman–Crippen LogP) is 13.3. The number of benzene rings is 7. The maximum Gasteiger partial charge on any atom is 1.00 e. The Morgan fingerprint density at radius 3 is 1.18 bits per heavy atom. The Morgan fingerprint density at radius 1 is 0.492 bits per heavy atom. The van der Waals surface area contributed by atoms with Gasteiger partial charge in [0, 0.05) is 24.9 Å². The summed E-state index contributed by atoms with van der Waals surface area (Å²) in [4.78, 5) is 8.34. The number of pyridine rings is 1. The molecule has 0 aliphatic heterocycles. The van der Waals surface area contributed by atoms with E-state index < -0.39 is 23.7 Å². The zero-order chi connectivity index (χ0) is 45.5. The standard InChI is InChI=1S/C36H28OP2.C12H8N2O.C2H3N.Cu.F6P/c1-5-17-29(18-6-1)38(30-19-7-2-8-20-30)35-27-15-13-25-33(35)37-34-26-14-16-28-36(34)39(31-21-9-3-10-22-31)32-23-11-4-12-24-32;1-2-4-11-10(3-1)14-12(15-11)9-5-7-13-8-6-9;1-2-3;;1-7(2,3,4,5)6/h1-28H;1-8H;1H3;;/q;;;+1;-1/p+2. The van der Waals surface area contributed by atoms with E-state index >= 15 is 0 Å². The van der Waals surface area contributed by atoms with Crippen LogP contribution in [0.3, 0.4) is 0 Å². The van der Waals surface area contributed by atoms with Crippen molar-refractivity contribution in [3.05, 3.63) is 219 Å². The normalized spacial score (nSPS) is 11.7. The van der Waals surface area contributed by atoms with Crippen molar-refractivity contribution in [3.8, 4) is 29.0 Å². The molecule has 0 spiro atoms.